The Morgan fingerprint density at radius 2 is 2.08 bits per heavy atom. The second-order valence-corrected chi connectivity index (χ2v) is 9.90. The van der Waals surface area contributed by atoms with Gasteiger partial charge < -0.3 is 10.2 Å². The van der Waals surface area contributed by atoms with E-state index >= 15 is 0 Å². The Morgan fingerprint density at radius 1 is 1.35 bits per heavy atom. The number of halogens is 1. The number of hydrogen-bond donors (Lipinski definition) is 1. The molecule has 1 aromatic carbocycles. The molecular weight excluding hydrogens is 386 g/mol. The molecule has 1 fully saturated rings. The van der Waals surface area contributed by atoms with Crippen LogP contribution >= 0.6 is 34.7 Å². The third kappa shape index (κ3) is 4.72. The number of anilines is 2. The molecule has 140 valence electrons. The topological polar surface area (TPSA) is 45.2 Å². The summed E-state index contributed by atoms with van der Waals surface area (Å²) in [5.74, 6) is 0.300. The van der Waals surface area contributed by atoms with Crippen molar-refractivity contribution in [2.75, 3.05) is 29.1 Å². The number of carbonyl (C=O) groups excluding carboxylic acids is 1. The van der Waals surface area contributed by atoms with Gasteiger partial charge >= 0.3 is 0 Å². The Hall–Kier alpha value is -1.24. The number of hydrogen-bond acceptors (Lipinski definition) is 5. The smallest absolute Gasteiger partial charge is 0.234 e. The molecule has 0 unspecified atom stereocenters. The molecule has 2 aromatic rings. The number of nitrogens with one attached hydrogen (secondary N) is 1. The van der Waals surface area contributed by atoms with Crippen LogP contribution in [0.2, 0.25) is 5.02 Å². The molecule has 0 saturated carbocycles. The van der Waals surface area contributed by atoms with Crippen LogP contribution in [-0.2, 0) is 10.2 Å². The standard InChI is InChI=1S/C19H24ClN3OS2/c1-19(2,3)15-11-25-18(22-15)26-12-16(24)21-14-8-6-7-13(20)17(14)23-9-4-5-10-23/h6-8,11H,4-5,9-10,12H2,1-3H3,(H,21,24). The van der Waals surface area contributed by atoms with Gasteiger partial charge in [-0.25, -0.2) is 4.98 Å². The maximum atomic E-state index is 12.5. The van der Waals surface area contributed by atoms with Crippen molar-refractivity contribution in [1.82, 2.24) is 4.98 Å². The van der Waals surface area contributed by atoms with Crippen molar-refractivity contribution in [3.63, 3.8) is 0 Å². The van der Waals surface area contributed by atoms with Gasteiger partial charge in [-0.2, -0.15) is 0 Å². The monoisotopic (exact) mass is 409 g/mol. The Bertz CT molecular complexity index is 779. The van der Waals surface area contributed by atoms with Gasteiger partial charge in [-0.05, 0) is 25.0 Å². The Balaban J connectivity index is 1.63. The van der Waals surface area contributed by atoms with Crippen LogP contribution in [0.1, 0.15) is 39.3 Å². The van der Waals surface area contributed by atoms with Crippen LogP contribution in [0.3, 0.4) is 0 Å². The van der Waals surface area contributed by atoms with Crippen molar-refractivity contribution in [3.8, 4) is 0 Å². The van der Waals surface area contributed by atoms with E-state index in [1.54, 1.807) is 11.3 Å². The molecule has 4 nitrogen and oxygen atoms in total. The first-order valence-electron chi connectivity index (χ1n) is 8.77. The second-order valence-electron chi connectivity index (χ2n) is 7.42. The van der Waals surface area contributed by atoms with Gasteiger partial charge in [-0.1, -0.05) is 50.2 Å². The third-order valence-electron chi connectivity index (χ3n) is 4.26. The lowest BCUT2D eigenvalue weighted by molar-refractivity contribution is -0.113. The molecular formula is C19H24ClN3OS2. The molecule has 0 bridgehead atoms. The maximum Gasteiger partial charge on any atom is 0.234 e. The van der Waals surface area contributed by atoms with Gasteiger partial charge in [0.05, 0.1) is 27.8 Å². The van der Waals surface area contributed by atoms with Crippen LogP contribution in [0.5, 0.6) is 0 Å². The molecule has 1 aliphatic heterocycles. The second kappa shape index (κ2) is 8.19. The number of benzene rings is 1. The average Bonchev–Trinajstić information content (AvgIpc) is 3.24. The summed E-state index contributed by atoms with van der Waals surface area (Å²) in [6.45, 7) is 8.39. The lowest BCUT2D eigenvalue weighted by Crippen LogP contribution is -2.22. The molecule has 2 heterocycles. The van der Waals surface area contributed by atoms with Gasteiger partial charge in [-0.3, -0.25) is 4.79 Å². The van der Waals surface area contributed by atoms with E-state index in [4.69, 9.17) is 11.6 Å². The molecule has 3 rings (SSSR count). The fourth-order valence-electron chi connectivity index (χ4n) is 2.86. The van der Waals surface area contributed by atoms with Crippen LogP contribution in [0.15, 0.2) is 27.9 Å². The summed E-state index contributed by atoms with van der Waals surface area (Å²) in [6.07, 6.45) is 2.32. The number of nitrogens with zero attached hydrogens (tertiary/aromatic N) is 2. The minimum Gasteiger partial charge on any atom is -0.369 e. The minimum absolute atomic E-state index is 0.0307. The van der Waals surface area contributed by atoms with Crippen molar-refractivity contribution in [2.45, 2.75) is 43.4 Å². The summed E-state index contributed by atoms with van der Waals surface area (Å²) in [7, 11) is 0. The average molecular weight is 410 g/mol. The fourth-order valence-corrected chi connectivity index (χ4v) is 5.01. The van der Waals surface area contributed by atoms with E-state index in [1.165, 1.54) is 11.8 Å². The normalized spacial score (nSPS) is 14.7. The van der Waals surface area contributed by atoms with Gasteiger partial charge in [0.25, 0.3) is 0 Å². The van der Waals surface area contributed by atoms with E-state index in [9.17, 15) is 4.79 Å². The highest BCUT2D eigenvalue weighted by Gasteiger charge is 2.21. The van der Waals surface area contributed by atoms with E-state index in [0.717, 1.165) is 47.3 Å². The first kappa shape index (κ1) is 19.5. The molecule has 0 aliphatic carbocycles. The summed E-state index contributed by atoms with van der Waals surface area (Å²) >= 11 is 9.47. The van der Waals surface area contributed by atoms with Crippen LogP contribution in [0.25, 0.3) is 0 Å². The number of thioether (sulfide) groups is 1. The van der Waals surface area contributed by atoms with Crippen LogP contribution in [-0.4, -0.2) is 29.7 Å². The number of aromatic nitrogens is 1. The van der Waals surface area contributed by atoms with E-state index < -0.39 is 0 Å². The van der Waals surface area contributed by atoms with Gasteiger partial charge in [0, 0.05) is 23.9 Å². The van der Waals surface area contributed by atoms with E-state index in [-0.39, 0.29) is 11.3 Å². The van der Waals surface area contributed by atoms with Gasteiger partial charge in [0.15, 0.2) is 4.34 Å². The molecule has 1 aliphatic rings. The van der Waals surface area contributed by atoms with Crippen molar-refractivity contribution in [2.24, 2.45) is 0 Å². The molecule has 7 heteroatoms. The number of rotatable bonds is 5. The number of amides is 1. The van der Waals surface area contributed by atoms with E-state index in [1.807, 2.05) is 18.2 Å². The largest absolute Gasteiger partial charge is 0.369 e. The molecule has 0 spiro atoms. The molecule has 1 aromatic heterocycles. The number of carbonyl (C=O) groups is 1. The molecule has 0 radical (unpaired) electrons. The molecule has 1 amide bonds. The van der Waals surface area contributed by atoms with Crippen molar-refractivity contribution in [1.29, 1.82) is 0 Å². The maximum absolute atomic E-state index is 12.5. The van der Waals surface area contributed by atoms with Crippen LogP contribution in [0, 0.1) is 0 Å². The Labute approximate surface area is 168 Å². The SMILES string of the molecule is CC(C)(C)c1csc(SCC(=O)Nc2cccc(Cl)c2N2CCCC2)n1. The highest BCUT2D eigenvalue weighted by molar-refractivity contribution is 8.01. The zero-order chi connectivity index (χ0) is 18.7. The quantitative estimate of drug-likeness (QED) is 0.669. The summed E-state index contributed by atoms with van der Waals surface area (Å²) in [6, 6.07) is 5.67. The van der Waals surface area contributed by atoms with E-state index in [0.29, 0.717) is 10.8 Å². The zero-order valence-electron chi connectivity index (χ0n) is 15.3. The van der Waals surface area contributed by atoms with Gasteiger partial charge in [-0.15, -0.1) is 11.3 Å². The molecule has 1 saturated heterocycles. The number of thiazole rings is 1. The fraction of sp³-hybridized carbons (Fsp3) is 0.474. The van der Waals surface area contributed by atoms with Crippen molar-refractivity contribution < 1.29 is 4.79 Å². The summed E-state index contributed by atoms with van der Waals surface area (Å²) in [5.41, 5.74) is 2.83. The zero-order valence-corrected chi connectivity index (χ0v) is 17.7. The Kier molecular flexibility index (Phi) is 6.15. The van der Waals surface area contributed by atoms with Crippen molar-refractivity contribution >= 4 is 52.0 Å². The molecule has 1 N–H and O–H groups in total. The van der Waals surface area contributed by atoms with Crippen LogP contribution < -0.4 is 10.2 Å². The number of para-hydroxylation sites is 1. The Morgan fingerprint density at radius 3 is 2.73 bits per heavy atom. The van der Waals surface area contributed by atoms with Gasteiger partial charge in [0.2, 0.25) is 5.91 Å². The predicted octanol–water partition coefficient (Wildman–Crippen LogP) is 5.43. The minimum atomic E-state index is -0.0368. The lowest BCUT2D eigenvalue weighted by Gasteiger charge is -2.22. The first-order chi connectivity index (χ1) is 12.3. The highest BCUT2D eigenvalue weighted by atomic mass is 35.5. The third-order valence-corrected chi connectivity index (χ3v) is 6.59. The summed E-state index contributed by atoms with van der Waals surface area (Å²) in [4.78, 5) is 19.3. The summed E-state index contributed by atoms with van der Waals surface area (Å²) < 4.78 is 0.927. The molecule has 0 atom stereocenters. The summed E-state index contributed by atoms with van der Waals surface area (Å²) in [5, 5.41) is 5.79. The molecule has 26 heavy (non-hydrogen) atoms. The lowest BCUT2D eigenvalue weighted by atomic mass is 9.93. The highest BCUT2D eigenvalue weighted by Crippen LogP contribution is 2.36. The van der Waals surface area contributed by atoms with E-state index in [2.05, 4.69) is 41.4 Å². The van der Waals surface area contributed by atoms with Crippen LogP contribution in [0.4, 0.5) is 11.4 Å². The van der Waals surface area contributed by atoms with Crippen molar-refractivity contribution in [3.05, 3.63) is 34.3 Å². The predicted molar refractivity (Wildman–Crippen MR) is 113 cm³/mol. The first-order valence-corrected chi connectivity index (χ1v) is 11.0. The van der Waals surface area contributed by atoms with Gasteiger partial charge in [0.1, 0.15) is 0 Å².